The molecular formula is C25H31FN4O3. The summed E-state index contributed by atoms with van der Waals surface area (Å²) in [5, 5.41) is 8.60. The number of hydrogen-bond acceptors (Lipinski definition) is 5. The van der Waals surface area contributed by atoms with Gasteiger partial charge in [0.05, 0.1) is 24.9 Å². The minimum Gasteiger partial charge on any atom is -0.497 e. The van der Waals surface area contributed by atoms with Gasteiger partial charge in [-0.05, 0) is 55.5 Å². The minimum absolute atomic E-state index is 0.0997. The number of aromatic nitrogens is 2. The number of carbonyl (C=O) groups excluding carboxylic acids is 1. The van der Waals surface area contributed by atoms with Crippen LogP contribution in [0.3, 0.4) is 0 Å². The maximum Gasteiger partial charge on any atom is 0.251 e. The van der Waals surface area contributed by atoms with Gasteiger partial charge in [-0.1, -0.05) is 0 Å². The number of nitrogens with one attached hydrogen (secondary N) is 1. The van der Waals surface area contributed by atoms with E-state index in [9.17, 15) is 9.18 Å². The van der Waals surface area contributed by atoms with Crippen molar-refractivity contribution in [2.75, 3.05) is 45.4 Å². The zero-order valence-electron chi connectivity index (χ0n) is 19.4. The summed E-state index contributed by atoms with van der Waals surface area (Å²) in [7, 11) is 3.15. The molecule has 7 nitrogen and oxygen atoms in total. The lowest BCUT2D eigenvalue weighted by molar-refractivity contribution is 0.0936. The molecular weight excluding hydrogens is 423 g/mol. The highest BCUT2D eigenvalue weighted by molar-refractivity contribution is 6.00. The van der Waals surface area contributed by atoms with Gasteiger partial charge in [-0.25, -0.2) is 4.39 Å². The molecule has 1 aliphatic heterocycles. The highest BCUT2D eigenvalue weighted by atomic mass is 19.1. The largest absolute Gasteiger partial charge is 0.497 e. The highest BCUT2D eigenvalue weighted by Gasteiger charge is 2.23. The zero-order valence-corrected chi connectivity index (χ0v) is 19.4. The number of methoxy groups -OCH3 is 2. The molecule has 0 unspecified atom stereocenters. The van der Waals surface area contributed by atoms with Gasteiger partial charge in [-0.3, -0.25) is 9.48 Å². The Labute approximate surface area is 193 Å². The van der Waals surface area contributed by atoms with Gasteiger partial charge < -0.3 is 19.7 Å². The fraction of sp³-hybridized carbons (Fsp3) is 0.440. The van der Waals surface area contributed by atoms with Crippen LogP contribution in [0.15, 0.2) is 36.5 Å². The molecule has 0 saturated carbocycles. The van der Waals surface area contributed by atoms with E-state index < -0.39 is 0 Å². The van der Waals surface area contributed by atoms with E-state index in [1.807, 2.05) is 29.9 Å². The van der Waals surface area contributed by atoms with Crippen LogP contribution in [0.2, 0.25) is 0 Å². The fourth-order valence-electron chi connectivity index (χ4n) is 4.47. The molecule has 1 aliphatic rings. The number of hydrogen-bond donors (Lipinski definition) is 1. The maximum absolute atomic E-state index is 14.4. The molecule has 0 radical (unpaired) electrons. The van der Waals surface area contributed by atoms with Crippen LogP contribution >= 0.6 is 0 Å². The van der Waals surface area contributed by atoms with Gasteiger partial charge >= 0.3 is 0 Å². The van der Waals surface area contributed by atoms with E-state index in [4.69, 9.17) is 14.6 Å². The first-order valence-electron chi connectivity index (χ1n) is 11.3. The second kappa shape index (κ2) is 10.2. The third-order valence-electron chi connectivity index (χ3n) is 6.40. The van der Waals surface area contributed by atoms with Gasteiger partial charge in [0.1, 0.15) is 11.6 Å². The van der Waals surface area contributed by atoms with Crippen LogP contribution < -0.4 is 15.0 Å². The van der Waals surface area contributed by atoms with Gasteiger partial charge in [-0.2, -0.15) is 5.10 Å². The van der Waals surface area contributed by atoms with E-state index in [1.165, 1.54) is 6.07 Å². The number of halogens is 1. The molecule has 1 aromatic heterocycles. The molecule has 1 amide bonds. The molecule has 176 valence electrons. The van der Waals surface area contributed by atoms with Gasteiger partial charge in [0, 0.05) is 56.5 Å². The summed E-state index contributed by atoms with van der Waals surface area (Å²) < 4.78 is 26.5. The molecule has 0 aliphatic carbocycles. The van der Waals surface area contributed by atoms with Crippen LogP contribution in [0.4, 0.5) is 10.1 Å². The Morgan fingerprint density at radius 2 is 2.00 bits per heavy atom. The second-order valence-electron chi connectivity index (χ2n) is 8.52. The van der Waals surface area contributed by atoms with Crippen molar-refractivity contribution in [1.82, 2.24) is 15.1 Å². The van der Waals surface area contributed by atoms with Crippen LogP contribution in [0, 0.1) is 18.7 Å². The summed E-state index contributed by atoms with van der Waals surface area (Å²) >= 11 is 0. The van der Waals surface area contributed by atoms with Crippen molar-refractivity contribution in [2.45, 2.75) is 26.3 Å². The van der Waals surface area contributed by atoms with E-state index in [2.05, 4.69) is 10.2 Å². The van der Waals surface area contributed by atoms with Crippen molar-refractivity contribution in [1.29, 1.82) is 0 Å². The smallest absolute Gasteiger partial charge is 0.251 e. The molecule has 1 N–H and O–H groups in total. The van der Waals surface area contributed by atoms with Gasteiger partial charge in [0.25, 0.3) is 5.91 Å². The quantitative estimate of drug-likeness (QED) is 0.525. The van der Waals surface area contributed by atoms with Crippen molar-refractivity contribution in [3.8, 4) is 5.75 Å². The van der Waals surface area contributed by atoms with E-state index >= 15 is 0 Å². The van der Waals surface area contributed by atoms with Gasteiger partial charge in [0.15, 0.2) is 0 Å². The van der Waals surface area contributed by atoms with E-state index in [-0.39, 0.29) is 11.7 Å². The summed E-state index contributed by atoms with van der Waals surface area (Å²) in [5.74, 6) is 0.651. The van der Waals surface area contributed by atoms with E-state index in [1.54, 1.807) is 26.4 Å². The van der Waals surface area contributed by atoms with Crippen molar-refractivity contribution < 1.29 is 18.7 Å². The number of nitrogens with zero attached hydrogens (tertiary/aromatic N) is 3. The number of anilines is 1. The summed E-state index contributed by atoms with van der Waals surface area (Å²) in [4.78, 5) is 14.6. The molecule has 0 spiro atoms. The lowest BCUT2D eigenvalue weighted by Crippen LogP contribution is -2.35. The fourth-order valence-corrected chi connectivity index (χ4v) is 4.47. The number of amides is 1. The summed E-state index contributed by atoms with van der Waals surface area (Å²) in [6, 6.07) is 8.76. The molecule has 4 rings (SSSR count). The number of fused-ring (bicyclic) bond motifs is 1. The Hall–Kier alpha value is -3.13. The molecule has 1 saturated heterocycles. The van der Waals surface area contributed by atoms with Crippen LogP contribution in [0.5, 0.6) is 5.75 Å². The average molecular weight is 455 g/mol. The number of rotatable bonds is 8. The Bertz CT molecular complexity index is 1120. The normalized spacial score (nSPS) is 14.6. The SMILES string of the molecule is COCCNC(=O)c1ccc2nn(CC3CCN(c4ccc(OC)cc4F)CC3)cc2c1C. The molecule has 8 heteroatoms. The van der Waals surface area contributed by atoms with Gasteiger partial charge in [0.2, 0.25) is 0 Å². The predicted octanol–water partition coefficient (Wildman–Crippen LogP) is 3.79. The summed E-state index contributed by atoms with van der Waals surface area (Å²) in [5.41, 5.74) is 3.11. The topological polar surface area (TPSA) is 68.6 Å². The summed E-state index contributed by atoms with van der Waals surface area (Å²) in [6.07, 6.45) is 3.97. The summed E-state index contributed by atoms with van der Waals surface area (Å²) in [6.45, 7) is 5.34. The maximum atomic E-state index is 14.4. The standard InChI is InChI=1S/C25H31FN4O3/c1-17-20(25(31)27-10-13-32-2)5-6-23-21(17)16-30(28-23)15-18-8-11-29(12-9-18)24-7-4-19(33-3)14-22(24)26/h4-7,14,16,18H,8-13,15H2,1-3H3,(H,27,31). The first kappa shape index (κ1) is 23.0. The van der Waals surface area contributed by atoms with E-state index in [0.717, 1.165) is 48.9 Å². The third-order valence-corrected chi connectivity index (χ3v) is 6.40. The lowest BCUT2D eigenvalue weighted by atomic mass is 9.96. The molecule has 2 aromatic carbocycles. The Balaban J connectivity index is 1.39. The van der Waals surface area contributed by atoms with Crippen LogP contribution in [-0.4, -0.2) is 56.1 Å². The molecule has 0 bridgehead atoms. The van der Waals surface area contributed by atoms with Crippen molar-refractivity contribution in [3.05, 3.63) is 53.5 Å². The Kier molecular flexibility index (Phi) is 7.13. The van der Waals surface area contributed by atoms with Crippen molar-refractivity contribution in [2.24, 2.45) is 5.92 Å². The first-order chi connectivity index (χ1) is 16.0. The molecule has 0 atom stereocenters. The van der Waals surface area contributed by atoms with Crippen molar-refractivity contribution in [3.63, 3.8) is 0 Å². The van der Waals surface area contributed by atoms with E-state index in [0.29, 0.717) is 36.1 Å². The average Bonchev–Trinajstić information content (AvgIpc) is 3.23. The molecule has 3 aromatic rings. The molecule has 33 heavy (non-hydrogen) atoms. The predicted molar refractivity (Wildman–Crippen MR) is 127 cm³/mol. The number of piperidine rings is 1. The lowest BCUT2D eigenvalue weighted by Gasteiger charge is -2.33. The minimum atomic E-state index is -0.247. The number of aryl methyl sites for hydroxylation is 1. The first-order valence-corrected chi connectivity index (χ1v) is 11.3. The monoisotopic (exact) mass is 454 g/mol. The third kappa shape index (κ3) is 5.11. The number of carbonyl (C=O) groups is 1. The number of benzene rings is 2. The Morgan fingerprint density at radius 1 is 1.21 bits per heavy atom. The van der Waals surface area contributed by atoms with Crippen molar-refractivity contribution >= 4 is 22.5 Å². The molecule has 1 fully saturated rings. The highest BCUT2D eigenvalue weighted by Crippen LogP contribution is 2.29. The zero-order chi connectivity index (χ0) is 23.4. The number of ether oxygens (including phenoxy) is 2. The van der Waals surface area contributed by atoms with Gasteiger partial charge in [-0.15, -0.1) is 0 Å². The van der Waals surface area contributed by atoms with Crippen LogP contribution in [0.1, 0.15) is 28.8 Å². The van der Waals surface area contributed by atoms with Crippen LogP contribution in [-0.2, 0) is 11.3 Å². The Morgan fingerprint density at radius 3 is 2.70 bits per heavy atom. The second-order valence-corrected chi connectivity index (χ2v) is 8.52. The van der Waals surface area contributed by atoms with Crippen LogP contribution in [0.25, 0.3) is 10.9 Å². The molecule has 2 heterocycles.